The van der Waals surface area contributed by atoms with Crippen molar-refractivity contribution in [3.05, 3.63) is 12.2 Å². The fourth-order valence-electron chi connectivity index (χ4n) is 0.504. The first kappa shape index (κ1) is 9.97. The lowest BCUT2D eigenvalue weighted by Gasteiger charge is -2.00. The molecule has 64 valence electrons. The summed E-state index contributed by atoms with van der Waals surface area (Å²) < 4.78 is 4.61. The lowest BCUT2D eigenvalue weighted by Crippen LogP contribution is -2.24. The largest absolute Gasteiger partial charge is 0.450 e. The normalized spacial score (nSPS) is 10.0. The van der Waals surface area contributed by atoms with Gasteiger partial charge in [-0.3, -0.25) is 0 Å². The summed E-state index contributed by atoms with van der Waals surface area (Å²) in [6, 6.07) is 0. The van der Waals surface area contributed by atoms with Crippen LogP contribution in [0.3, 0.4) is 0 Å². The van der Waals surface area contributed by atoms with Gasteiger partial charge in [0, 0.05) is 13.1 Å². The minimum Gasteiger partial charge on any atom is -0.450 e. The third-order valence-corrected chi connectivity index (χ3v) is 0.942. The van der Waals surface area contributed by atoms with E-state index in [9.17, 15) is 4.79 Å². The lowest BCUT2D eigenvalue weighted by atomic mass is 10.5. The van der Waals surface area contributed by atoms with Crippen molar-refractivity contribution in [3.8, 4) is 0 Å². The van der Waals surface area contributed by atoms with Gasteiger partial charge in [-0.2, -0.15) is 0 Å². The standard InChI is InChI=1S/C7H14N2O2/c1-2-11-7(10)9-6-4-3-5-8/h3-4H,2,5-6,8H2,1H3,(H,9,10)/b4-3+. The van der Waals surface area contributed by atoms with Crippen molar-refractivity contribution in [1.29, 1.82) is 0 Å². The van der Waals surface area contributed by atoms with Gasteiger partial charge in [0.2, 0.25) is 0 Å². The van der Waals surface area contributed by atoms with Crippen LogP contribution in [0, 0.1) is 0 Å². The molecule has 4 heteroatoms. The molecule has 0 aromatic rings. The summed E-state index contributed by atoms with van der Waals surface area (Å²) in [6.45, 7) is 3.11. The van der Waals surface area contributed by atoms with E-state index in [-0.39, 0.29) is 0 Å². The van der Waals surface area contributed by atoms with Crippen LogP contribution in [0.4, 0.5) is 4.79 Å². The predicted molar refractivity (Wildman–Crippen MR) is 43.2 cm³/mol. The zero-order chi connectivity index (χ0) is 8.53. The van der Waals surface area contributed by atoms with Crippen molar-refractivity contribution in [1.82, 2.24) is 5.32 Å². The van der Waals surface area contributed by atoms with Gasteiger partial charge in [-0.15, -0.1) is 0 Å². The van der Waals surface area contributed by atoms with Gasteiger partial charge in [-0.1, -0.05) is 12.2 Å². The molecule has 0 aliphatic rings. The molecule has 0 aliphatic carbocycles. The first-order valence-electron chi connectivity index (χ1n) is 3.57. The van der Waals surface area contributed by atoms with Crippen LogP contribution in [0.15, 0.2) is 12.2 Å². The number of carbonyl (C=O) groups is 1. The van der Waals surface area contributed by atoms with Gasteiger partial charge in [0.25, 0.3) is 0 Å². The summed E-state index contributed by atoms with van der Waals surface area (Å²) in [5.41, 5.74) is 5.17. The van der Waals surface area contributed by atoms with Crippen LogP contribution < -0.4 is 11.1 Å². The monoisotopic (exact) mass is 158 g/mol. The van der Waals surface area contributed by atoms with Crippen LogP contribution in [-0.2, 0) is 4.74 Å². The number of amides is 1. The minimum absolute atomic E-state index is 0.394. The number of hydrogen-bond donors (Lipinski definition) is 2. The molecule has 0 saturated carbocycles. The minimum atomic E-state index is -0.394. The molecule has 0 aliphatic heterocycles. The van der Waals surface area contributed by atoms with E-state index < -0.39 is 6.09 Å². The van der Waals surface area contributed by atoms with Crippen LogP contribution in [0.5, 0.6) is 0 Å². The van der Waals surface area contributed by atoms with Crippen LogP contribution in [0.2, 0.25) is 0 Å². The Kier molecular flexibility index (Phi) is 6.42. The van der Waals surface area contributed by atoms with Gasteiger partial charge in [0.1, 0.15) is 0 Å². The predicted octanol–water partition coefficient (Wildman–Crippen LogP) is 0.247. The van der Waals surface area contributed by atoms with Gasteiger partial charge < -0.3 is 15.8 Å². The lowest BCUT2D eigenvalue weighted by molar-refractivity contribution is 0.153. The molecule has 0 spiro atoms. The Morgan fingerprint density at radius 3 is 2.91 bits per heavy atom. The van der Waals surface area contributed by atoms with Crippen molar-refractivity contribution in [2.24, 2.45) is 5.73 Å². The number of hydrogen-bond acceptors (Lipinski definition) is 3. The van der Waals surface area contributed by atoms with Gasteiger partial charge in [-0.05, 0) is 6.92 Å². The molecule has 1 amide bonds. The molecule has 0 fully saturated rings. The zero-order valence-electron chi connectivity index (χ0n) is 6.67. The molecule has 0 unspecified atom stereocenters. The highest BCUT2D eigenvalue weighted by molar-refractivity contribution is 5.67. The number of nitrogens with two attached hydrogens (primary N) is 1. The second-order valence-corrected chi connectivity index (χ2v) is 1.81. The van der Waals surface area contributed by atoms with Crippen LogP contribution in [-0.4, -0.2) is 25.8 Å². The molecule has 0 saturated heterocycles. The highest BCUT2D eigenvalue weighted by Gasteiger charge is 1.94. The summed E-state index contributed by atoms with van der Waals surface area (Å²) in [6.07, 6.45) is 3.15. The molecule has 3 N–H and O–H groups in total. The van der Waals surface area contributed by atoms with Gasteiger partial charge in [0.05, 0.1) is 6.61 Å². The molecule has 0 atom stereocenters. The second kappa shape index (κ2) is 7.08. The molecule has 11 heavy (non-hydrogen) atoms. The molecule has 0 radical (unpaired) electrons. The van der Waals surface area contributed by atoms with E-state index in [0.717, 1.165) is 0 Å². The SMILES string of the molecule is CCOC(=O)NC/C=C/CN. The van der Waals surface area contributed by atoms with Crippen LogP contribution in [0.1, 0.15) is 6.92 Å². The van der Waals surface area contributed by atoms with Crippen LogP contribution in [0.25, 0.3) is 0 Å². The van der Waals surface area contributed by atoms with Crippen molar-refractivity contribution >= 4 is 6.09 Å². The van der Waals surface area contributed by atoms with Gasteiger partial charge in [-0.25, -0.2) is 4.79 Å². The summed E-state index contributed by atoms with van der Waals surface area (Å²) >= 11 is 0. The van der Waals surface area contributed by atoms with E-state index >= 15 is 0 Å². The quantitative estimate of drug-likeness (QED) is 0.576. The summed E-state index contributed by atoms with van der Waals surface area (Å²) in [5.74, 6) is 0. The highest BCUT2D eigenvalue weighted by atomic mass is 16.5. The van der Waals surface area contributed by atoms with Crippen molar-refractivity contribution in [2.45, 2.75) is 6.92 Å². The number of alkyl carbamates (subject to hydrolysis) is 1. The number of rotatable bonds is 4. The Bertz CT molecular complexity index is 134. The molecule has 0 bridgehead atoms. The number of carbonyl (C=O) groups excluding carboxylic acids is 1. The Hall–Kier alpha value is -1.03. The second-order valence-electron chi connectivity index (χ2n) is 1.81. The third-order valence-electron chi connectivity index (χ3n) is 0.942. The van der Waals surface area contributed by atoms with Crippen molar-refractivity contribution in [2.75, 3.05) is 19.7 Å². The maximum Gasteiger partial charge on any atom is 0.407 e. The molecule has 0 heterocycles. The Morgan fingerprint density at radius 2 is 2.36 bits per heavy atom. The zero-order valence-corrected chi connectivity index (χ0v) is 6.67. The molecule has 0 aromatic heterocycles. The fraction of sp³-hybridized carbons (Fsp3) is 0.571. The average molecular weight is 158 g/mol. The Balaban J connectivity index is 3.24. The van der Waals surface area contributed by atoms with E-state index in [1.807, 2.05) is 0 Å². The molecule has 4 nitrogen and oxygen atoms in total. The smallest absolute Gasteiger partial charge is 0.407 e. The number of nitrogens with one attached hydrogen (secondary N) is 1. The van der Waals surface area contributed by atoms with Gasteiger partial charge in [0.15, 0.2) is 0 Å². The number of ether oxygens (including phenoxy) is 1. The molecule has 0 rings (SSSR count). The highest BCUT2D eigenvalue weighted by Crippen LogP contribution is 1.75. The summed E-state index contributed by atoms with van der Waals surface area (Å²) in [4.78, 5) is 10.6. The van der Waals surface area contributed by atoms with E-state index in [1.165, 1.54) is 0 Å². The molecular weight excluding hydrogens is 144 g/mol. The molecule has 0 aromatic carbocycles. The fourth-order valence-corrected chi connectivity index (χ4v) is 0.504. The van der Waals surface area contributed by atoms with E-state index in [0.29, 0.717) is 19.7 Å². The van der Waals surface area contributed by atoms with Crippen molar-refractivity contribution < 1.29 is 9.53 Å². The Labute approximate surface area is 66.4 Å². The summed E-state index contributed by atoms with van der Waals surface area (Å²) in [7, 11) is 0. The van der Waals surface area contributed by atoms with E-state index in [4.69, 9.17) is 5.73 Å². The maximum absolute atomic E-state index is 10.6. The van der Waals surface area contributed by atoms with Crippen molar-refractivity contribution in [3.63, 3.8) is 0 Å². The molecular formula is C7H14N2O2. The van der Waals surface area contributed by atoms with E-state index in [1.54, 1.807) is 19.1 Å². The summed E-state index contributed by atoms with van der Waals surface area (Å²) in [5, 5.41) is 2.51. The average Bonchev–Trinajstić information content (AvgIpc) is 1.99. The topological polar surface area (TPSA) is 64.3 Å². The van der Waals surface area contributed by atoms with Gasteiger partial charge >= 0.3 is 6.09 Å². The first-order valence-corrected chi connectivity index (χ1v) is 3.57. The first-order chi connectivity index (χ1) is 5.31. The Morgan fingerprint density at radius 1 is 1.64 bits per heavy atom. The maximum atomic E-state index is 10.6. The van der Waals surface area contributed by atoms with E-state index in [2.05, 4.69) is 10.1 Å². The third kappa shape index (κ3) is 6.86. The van der Waals surface area contributed by atoms with Crippen LogP contribution >= 0.6 is 0 Å².